The monoisotopic (exact) mass is 227 g/mol. The number of esters is 1. The lowest BCUT2D eigenvalue weighted by molar-refractivity contribution is -0.169. The van der Waals surface area contributed by atoms with E-state index in [2.05, 4.69) is 6.92 Å². The van der Waals surface area contributed by atoms with Crippen molar-refractivity contribution in [1.82, 2.24) is 0 Å². The summed E-state index contributed by atoms with van der Waals surface area (Å²) < 4.78 is 16.0. The van der Waals surface area contributed by atoms with Crippen molar-refractivity contribution in [3.8, 4) is 6.07 Å². The Labute approximate surface area is 95.3 Å². The highest BCUT2D eigenvalue weighted by molar-refractivity contribution is 5.71. The molecule has 0 radical (unpaired) electrons. The first-order valence-corrected chi connectivity index (χ1v) is 5.44. The molecule has 0 aromatic rings. The summed E-state index contributed by atoms with van der Waals surface area (Å²) in [4.78, 5) is 10.9. The lowest BCUT2D eigenvalue weighted by atomic mass is 10.2. The first kappa shape index (κ1) is 12.9. The van der Waals surface area contributed by atoms with E-state index in [9.17, 15) is 4.79 Å². The van der Waals surface area contributed by atoms with Crippen LogP contribution in [0.2, 0.25) is 0 Å². The van der Waals surface area contributed by atoms with Gasteiger partial charge in [0.1, 0.15) is 19.1 Å². The summed E-state index contributed by atoms with van der Waals surface area (Å²) in [5, 5.41) is 8.27. The summed E-state index contributed by atoms with van der Waals surface area (Å²) in [7, 11) is 0. The number of hydrogen-bond donors (Lipinski definition) is 0. The highest BCUT2D eigenvalue weighted by Crippen LogP contribution is 2.27. The van der Waals surface area contributed by atoms with Gasteiger partial charge in [0, 0.05) is 6.42 Å². The first-order chi connectivity index (χ1) is 7.59. The molecule has 2 unspecified atom stereocenters. The Bertz CT molecular complexity index is 286. The molecular weight excluding hydrogens is 210 g/mol. The second kappa shape index (κ2) is 5.83. The van der Waals surface area contributed by atoms with Crippen LogP contribution in [0.1, 0.15) is 33.1 Å². The minimum absolute atomic E-state index is 0.153. The van der Waals surface area contributed by atoms with Crippen LogP contribution in [-0.4, -0.2) is 31.1 Å². The van der Waals surface area contributed by atoms with Crippen molar-refractivity contribution in [2.24, 2.45) is 0 Å². The van der Waals surface area contributed by atoms with Crippen LogP contribution in [0.15, 0.2) is 0 Å². The molecule has 1 aliphatic heterocycles. The van der Waals surface area contributed by atoms with Gasteiger partial charge in [-0.1, -0.05) is 13.3 Å². The number of carbonyl (C=O) groups is 1. The zero-order valence-corrected chi connectivity index (χ0v) is 9.69. The van der Waals surface area contributed by atoms with Gasteiger partial charge in [0.25, 0.3) is 0 Å². The molecular formula is C11H17NO4. The van der Waals surface area contributed by atoms with Gasteiger partial charge in [0.15, 0.2) is 5.79 Å². The third-order valence-corrected chi connectivity index (χ3v) is 2.35. The number of nitrogens with zero attached hydrogens (tertiary/aromatic N) is 1. The molecule has 0 spiro atoms. The molecule has 1 saturated heterocycles. The lowest BCUT2D eigenvalue weighted by Crippen LogP contribution is -2.28. The predicted octanol–water partition coefficient (Wildman–Crippen LogP) is 1.37. The minimum atomic E-state index is -0.555. The van der Waals surface area contributed by atoms with Crippen molar-refractivity contribution in [2.75, 3.05) is 13.2 Å². The number of rotatable bonds is 5. The number of hydrogen-bond acceptors (Lipinski definition) is 5. The van der Waals surface area contributed by atoms with Gasteiger partial charge in [-0.25, -0.2) is 0 Å². The number of nitriles is 1. The molecule has 5 heteroatoms. The van der Waals surface area contributed by atoms with E-state index in [0.29, 0.717) is 6.61 Å². The second-order valence-corrected chi connectivity index (χ2v) is 3.95. The van der Waals surface area contributed by atoms with Gasteiger partial charge >= 0.3 is 5.97 Å². The average Bonchev–Trinajstić information content (AvgIpc) is 2.58. The molecule has 1 fully saturated rings. The van der Waals surface area contributed by atoms with Crippen LogP contribution >= 0.6 is 0 Å². The van der Waals surface area contributed by atoms with Crippen LogP contribution in [0.3, 0.4) is 0 Å². The number of ether oxygens (including phenoxy) is 3. The van der Waals surface area contributed by atoms with Crippen LogP contribution < -0.4 is 0 Å². The Morgan fingerprint density at radius 1 is 1.69 bits per heavy atom. The normalized spacial score (nSPS) is 28.7. The Morgan fingerprint density at radius 3 is 3.06 bits per heavy atom. The highest BCUT2D eigenvalue weighted by Gasteiger charge is 2.36. The fraction of sp³-hybridized carbons (Fsp3) is 0.818. The predicted molar refractivity (Wildman–Crippen MR) is 55.3 cm³/mol. The fourth-order valence-electron chi connectivity index (χ4n) is 1.66. The maximum Gasteiger partial charge on any atom is 0.320 e. The van der Waals surface area contributed by atoms with E-state index in [1.165, 1.54) is 0 Å². The SMILES string of the molecule is CCCC1(C)OCC(COC(=O)CC#N)O1. The molecule has 1 heterocycles. The summed E-state index contributed by atoms with van der Waals surface area (Å²) in [6.07, 6.45) is 1.34. The van der Waals surface area contributed by atoms with Crippen molar-refractivity contribution in [3.63, 3.8) is 0 Å². The van der Waals surface area contributed by atoms with Gasteiger partial charge in [0.2, 0.25) is 0 Å². The highest BCUT2D eigenvalue weighted by atomic mass is 16.7. The molecule has 0 aromatic carbocycles. The van der Waals surface area contributed by atoms with Crippen molar-refractivity contribution in [2.45, 2.75) is 45.0 Å². The lowest BCUT2D eigenvalue weighted by Gasteiger charge is -2.22. The fourth-order valence-corrected chi connectivity index (χ4v) is 1.66. The van der Waals surface area contributed by atoms with Crippen LogP contribution in [-0.2, 0) is 19.0 Å². The summed E-state index contributed by atoms with van der Waals surface area (Å²) >= 11 is 0. The molecule has 5 nitrogen and oxygen atoms in total. The Balaban J connectivity index is 2.27. The van der Waals surface area contributed by atoms with E-state index < -0.39 is 11.8 Å². The second-order valence-electron chi connectivity index (χ2n) is 3.95. The molecule has 0 aromatic heterocycles. The van der Waals surface area contributed by atoms with Crippen LogP contribution in [0, 0.1) is 11.3 Å². The molecule has 1 aliphatic rings. The summed E-state index contributed by atoms with van der Waals surface area (Å²) in [6, 6.07) is 1.73. The first-order valence-electron chi connectivity index (χ1n) is 5.44. The average molecular weight is 227 g/mol. The van der Waals surface area contributed by atoms with Gasteiger partial charge in [-0.05, 0) is 6.92 Å². The van der Waals surface area contributed by atoms with Gasteiger partial charge in [-0.3, -0.25) is 4.79 Å². The van der Waals surface area contributed by atoms with Crippen LogP contribution in [0.5, 0.6) is 0 Å². The summed E-state index contributed by atoms with van der Waals surface area (Å²) in [5.41, 5.74) is 0. The topological polar surface area (TPSA) is 68.5 Å². The van der Waals surface area contributed by atoms with Crippen LogP contribution in [0.4, 0.5) is 0 Å². The zero-order valence-electron chi connectivity index (χ0n) is 9.69. The molecule has 16 heavy (non-hydrogen) atoms. The minimum Gasteiger partial charge on any atom is -0.462 e. The third kappa shape index (κ3) is 3.80. The van der Waals surface area contributed by atoms with Gasteiger partial charge in [0.05, 0.1) is 12.7 Å². The van der Waals surface area contributed by atoms with E-state index in [1.807, 2.05) is 6.92 Å². The van der Waals surface area contributed by atoms with Gasteiger partial charge in [-0.2, -0.15) is 5.26 Å². The molecule has 0 amide bonds. The largest absolute Gasteiger partial charge is 0.462 e. The van der Waals surface area contributed by atoms with Crippen LogP contribution in [0.25, 0.3) is 0 Å². The van der Waals surface area contributed by atoms with Gasteiger partial charge < -0.3 is 14.2 Å². The zero-order chi connectivity index (χ0) is 12.0. The maximum absolute atomic E-state index is 10.9. The van der Waals surface area contributed by atoms with E-state index in [0.717, 1.165) is 12.8 Å². The Kier molecular flexibility index (Phi) is 4.71. The number of carbonyl (C=O) groups excluding carboxylic acids is 1. The van der Waals surface area contributed by atoms with E-state index in [4.69, 9.17) is 19.5 Å². The molecule has 0 aliphatic carbocycles. The standard InChI is InChI=1S/C11H17NO4/c1-3-5-11(2)15-8-9(16-11)7-14-10(13)4-6-12/h9H,3-5,7-8H2,1-2H3. The maximum atomic E-state index is 10.9. The molecule has 2 atom stereocenters. The Hall–Kier alpha value is -1.12. The van der Waals surface area contributed by atoms with Crippen molar-refractivity contribution in [1.29, 1.82) is 5.26 Å². The van der Waals surface area contributed by atoms with Crippen molar-refractivity contribution >= 4 is 5.97 Å². The molecule has 0 bridgehead atoms. The smallest absolute Gasteiger partial charge is 0.320 e. The van der Waals surface area contributed by atoms with Gasteiger partial charge in [-0.15, -0.1) is 0 Å². The molecule has 0 saturated carbocycles. The van der Waals surface area contributed by atoms with E-state index in [-0.39, 0.29) is 19.1 Å². The summed E-state index contributed by atoms with van der Waals surface area (Å²) in [6.45, 7) is 4.52. The third-order valence-electron chi connectivity index (χ3n) is 2.35. The quantitative estimate of drug-likeness (QED) is 0.663. The molecule has 0 N–H and O–H groups in total. The summed E-state index contributed by atoms with van der Waals surface area (Å²) in [5.74, 6) is -1.07. The van der Waals surface area contributed by atoms with E-state index in [1.54, 1.807) is 6.07 Å². The Morgan fingerprint density at radius 2 is 2.44 bits per heavy atom. The molecule has 90 valence electrons. The molecule has 1 rings (SSSR count). The van der Waals surface area contributed by atoms with Crippen molar-refractivity contribution in [3.05, 3.63) is 0 Å². The van der Waals surface area contributed by atoms with Crippen molar-refractivity contribution < 1.29 is 19.0 Å². The van der Waals surface area contributed by atoms with E-state index >= 15 is 0 Å².